The SMILES string of the molecule is OC1CCCCN1C(c1cccc2ccccc12)c1cccc2ccccc12. The molecular weight excluding hydrogens is 342 g/mol. The van der Waals surface area contributed by atoms with Crippen LogP contribution in [0.15, 0.2) is 84.9 Å². The fourth-order valence-corrected chi connectivity index (χ4v) is 4.74. The Kier molecular flexibility index (Phi) is 4.59. The van der Waals surface area contributed by atoms with Crippen molar-refractivity contribution in [1.29, 1.82) is 0 Å². The normalized spacial score (nSPS) is 18.1. The third kappa shape index (κ3) is 2.99. The van der Waals surface area contributed by atoms with Gasteiger partial charge in [0.2, 0.25) is 0 Å². The molecule has 2 heteroatoms. The standard InChI is InChI=1S/C26H25NO/c28-25-17-5-6-18-27(25)26(23-15-7-11-19-9-1-3-13-21(19)23)24-16-8-12-20-10-2-4-14-22(20)24/h1-4,7-16,25-26,28H,5-6,17-18H2. The van der Waals surface area contributed by atoms with Crippen LogP contribution in [0, 0.1) is 0 Å². The van der Waals surface area contributed by atoms with Gasteiger partial charge in [0.25, 0.3) is 0 Å². The summed E-state index contributed by atoms with van der Waals surface area (Å²) < 4.78 is 0. The molecule has 4 aromatic carbocycles. The first-order valence-electron chi connectivity index (χ1n) is 10.2. The average molecular weight is 367 g/mol. The highest BCUT2D eigenvalue weighted by Crippen LogP contribution is 2.39. The van der Waals surface area contributed by atoms with Crippen molar-refractivity contribution < 1.29 is 5.11 Å². The van der Waals surface area contributed by atoms with Crippen LogP contribution in [0.5, 0.6) is 0 Å². The zero-order valence-electron chi connectivity index (χ0n) is 16.0. The highest BCUT2D eigenvalue weighted by Gasteiger charge is 2.31. The summed E-state index contributed by atoms with van der Waals surface area (Å²) in [6, 6.07) is 30.3. The van der Waals surface area contributed by atoms with Crippen molar-refractivity contribution >= 4 is 21.5 Å². The second-order valence-corrected chi connectivity index (χ2v) is 7.75. The van der Waals surface area contributed by atoms with Crippen molar-refractivity contribution in [3.8, 4) is 0 Å². The van der Waals surface area contributed by atoms with Crippen LogP contribution in [0.4, 0.5) is 0 Å². The van der Waals surface area contributed by atoms with E-state index in [0.717, 1.165) is 25.8 Å². The number of aliphatic hydroxyl groups is 1. The summed E-state index contributed by atoms with van der Waals surface area (Å²) in [5.74, 6) is 0. The van der Waals surface area contributed by atoms with E-state index in [0.29, 0.717) is 0 Å². The van der Waals surface area contributed by atoms with Crippen LogP contribution >= 0.6 is 0 Å². The Balaban J connectivity index is 1.78. The van der Waals surface area contributed by atoms with E-state index >= 15 is 0 Å². The number of benzene rings is 4. The summed E-state index contributed by atoms with van der Waals surface area (Å²) >= 11 is 0. The third-order valence-corrected chi connectivity index (χ3v) is 6.08. The summed E-state index contributed by atoms with van der Waals surface area (Å²) in [6.45, 7) is 0.915. The lowest BCUT2D eigenvalue weighted by atomic mass is 9.88. The second kappa shape index (κ2) is 7.38. The fraction of sp³-hybridized carbons (Fsp3) is 0.231. The molecule has 28 heavy (non-hydrogen) atoms. The van der Waals surface area contributed by atoms with Gasteiger partial charge in [-0.2, -0.15) is 0 Å². The molecule has 1 N–H and O–H groups in total. The van der Waals surface area contributed by atoms with Gasteiger partial charge in [0, 0.05) is 6.54 Å². The van der Waals surface area contributed by atoms with Gasteiger partial charge in [-0.1, -0.05) is 84.9 Å². The van der Waals surface area contributed by atoms with Crippen LogP contribution in [-0.4, -0.2) is 22.8 Å². The van der Waals surface area contributed by atoms with Crippen LogP contribution < -0.4 is 0 Å². The van der Waals surface area contributed by atoms with Crippen molar-refractivity contribution in [1.82, 2.24) is 4.90 Å². The van der Waals surface area contributed by atoms with E-state index in [1.165, 1.54) is 32.7 Å². The smallest absolute Gasteiger partial charge is 0.108 e. The van der Waals surface area contributed by atoms with Crippen molar-refractivity contribution in [2.24, 2.45) is 0 Å². The van der Waals surface area contributed by atoms with Gasteiger partial charge in [0.15, 0.2) is 0 Å². The van der Waals surface area contributed by atoms with E-state index < -0.39 is 6.23 Å². The number of piperidine rings is 1. The summed E-state index contributed by atoms with van der Waals surface area (Å²) in [5.41, 5.74) is 2.55. The van der Waals surface area contributed by atoms with Crippen molar-refractivity contribution in [2.45, 2.75) is 31.5 Å². The van der Waals surface area contributed by atoms with Crippen molar-refractivity contribution in [2.75, 3.05) is 6.54 Å². The predicted octanol–water partition coefficient (Wildman–Crippen LogP) is 5.89. The molecule has 1 heterocycles. The molecule has 1 saturated heterocycles. The molecule has 0 radical (unpaired) electrons. The largest absolute Gasteiger partial charge is 0.378 e. The molecule has 0 saturated carbocycles. The Morgan fingerprint density at radius 1 is 0.679 bits per heavy atom. The fourth-order valence-electron chi connectivity index (χ4n) is 4.74. The molecule has 0 aliphatic carbocycles. The molecule has 1 aliphatic heterocycles. The molecule has 2 nitrogen and oxygen atoms in total. The zero-order valence-corrected chi connectivity index (χ0v) is 16.0. The first-order chi connectivity index (χ1) is 13.8. The van der Waals surface area contributed by atoms with Gasteiger partial charge in [0.1, 0.15) is 6.23 Å². The number of hydrogen-bond acceptors (Lipinski definition) is 2. The number of hydrogen-bond donors (Lipinski definition) is 1. The monoisotopic (exact) mass is 367 g/mol. The van der Waals surface area contributed by atoms with Gasteiger partial charge in [-0.05, 0) is 51.9 Å². The highest BCUT2D eigenvalue weighted by molar-refractivity contribution is 5.90. The van der Waals surface area contributed by atoms with E-state index in [1.54, 1.807) is 0 Å². The molecule has 5 rings (SSSR count). The predicted molar refractivity (Wildman–Crippen MR) is 116 cm³/mol. The summed E-state index contributed by atoms with van der Waals surface area (Å²) in [6.07, 6.45) is 2.65. The maximum Gasteiger partial charge on any atom is 0.108 e. The van der Waals surface area contributed by atoms with Crippen LogP contribution in [0.25, 0.3) is 21.5 Å². The first-order valence-corrected chi connectivity index (χ1v) is 10.2. The molecule has 4 aromatic rings. The van der Waals surface area contributed by atoms with Gasteiger partial charge >= 0.3 is 0 Å². The minimum Gasteiger partial charge on any atom is -0.378 e. The minimum atomic E-state index is -0.406. The molecule has 1 fully saturated rings. The molecule has 0 spiro atoms. The van der Waals surface area contributed by atoms with Crippen molar-refractivity contribution in [3.05, 3.63) is 96.1 Å². The van der Waals surface area contributed by atoms with Gasteiger partial charge in [-0.25, -0.2) is 0 Å². The van der Waals surface area contributed by atoms with Gasteiger partial charge in [-0.3, -0.25) is 4.90 Å². The van der Waals surface area contributed by atoms with E-state index in [2.05, 4.69) is 89.8 Å². The van der Waals surface area contributed by atoms with Crippen LogP contribution in [0.2, 0.25) is 0 Å². The van der Waals surface area contributed by atoms with Crippen LogP contribution in [-0.2, 0) is 0 Å². The Labute approximate surface area is 166 Å². The number of nitrogens with zero attached hydrogens (tertiary/aromatic N) is 1. The molecule has 1 unspecified atom stereocenters. The third-order valence-electron chi connectivity index (χ3n) is 6.08. The Bertz CT molecular complexity index is 1030. The van der Waals surface area contributed by atoms with Crippen LogP contribution in [0.1, 0.15) is 36.4 Å². The van der Waals surface area contributed by atoms with Crippen LogP contribution in [0.3, 0.4) is 0 Å². The highest BCUT2D eigenvalue weighted by atomic mass is 16.3. The first kappa shape index (κ1) is 17.4. The second-order valence-electron chi connectivity index (χ2n) is 7.75. The van der Waals surface area contributed by atoms with Gasteiger partial charge < -0.3 is 5.11 Å². The number of fused-ring (bicyclic) bond motifs is 2. The molecule has 0 aromatic heterocycles. The summed E-state index contributed by atoms with van der Waals surface area (Å²) in [4.78, 5) is 2.30. The lowest BCUT2D eigenvalue weighted by molar-refractivity contribution is -0.0415. The number of likely N-dealkylation sites (tertiary alicyclic amines) is 1. The lowest BCUT2D eigenvalue weighted by Gasteiger charge is -2.40. The van der Waals surface area contributed by atoms with Crippen molar-refractivity contribution in [3.63, 3.8) is 0 Å². The van der Waals surface area contributed by atoms with E-state index in [9.17, 15) is 5.11 Å². The zero-order chi connectivity index (χ0) is 18.9. The van der Waals surface area contributed by atoms with Gasteiger partial charge in [-0.15, -0.1) is 0 Å². The Hall–Kier alpha value is -2.68. The quantitative estimate of drug-likeness (QED) is 0.488. The maximum absolute atomic E-state index is 10.9. The number of aliphatic hydroxyl groups excluding tert-OH is 1. The van der Waals surface area contributed by atoms with Gasteiger partial charge in [0.05, 0.1) is 6.04 Å². The molecular formula is C26H25NO. The molecule has 1 aliphatic rings. The molecule has 1 atom stereocenters. The Morgan fingerprint density at radius 2 is 1.21 bits per heavy atom. The lowest BCUT2D eigenvalue weighted by Crippen LogP contribution is -2.42. The summed E-state index contributed by atoms with van der Waals surface area (Å²) in [7, 11) is 0. The summed E-state index contributed by atoms with van der Waals surface area (Å²) in [5, 5.41) is 16.0. The molecule has 140 valence electrons. The average Bonchev–Trinajstić information content (AvgIpc) is 2.75. The Morgan fingerprint density at radius 3 is 1.79 bits per heavy atom. The molecule has 0 bridgehead atoms. The number of rotatable bonds is 3. The minimum absolute atomic E-state index is 0.0347. The molecule has 0 amide bonds. The van der Waals surface area contributed by atoms with E-state index in [4.69, 9.17) is 0 Å². The topological polar surface area (TPSA) is 23.5 Å². The van der Waals surface area contributed by atoms with E-state index in [1.807, 2.05) is 0 Å². The van der Waals surface area contributed by atoms with E-state index in [-0.39, 0.29) is 6.04 Å². The maximum atomic E-state index is 10.9.